The lowest BCUT2D eigenvalue weighted by Crippen LogP contribution is -2.26. The van der Waals surface area contributed by atoms with Gasteiger partial charge in [-0.1, -0.05) is 6.07 Å². The Morgan fingerprint density at radius 3 is 2.43 bits per heavy atom. The van der Waals surface area contributed by atoms with Gasteiger partial charge in [0.25, 0.3) is 0 Å². The van der Waals surface area contributed by atoms with Crippen molar-refractivity contribution in [2.24, 2.45) is 0 Å². The molecule has 0 aliphatic rings. The second kappa shape index (κ2) is 6.02. The molecule has 0 aliphatic heterocycles. The Kier molecular flexibility index (Phi) is 4.45. The van der Waals surface area contributed by atoms with Crippen molar-refractivity contribution in [3.8, 4) is 0 Å². The van der Waals surface area contributed by atoms with Crippen molar-refractivity contribution in [2.45, 2.75) is 46.8 Å². The number of aromatic nitrogens is 2. The normalized spacial score (nSPS) is 11.6. The molecule has 0 radical (unpaired) electrons. The number of ether oxygens (including phenoxy) is 2. The summed E-state index contributed by atoms with van der Waals surface area (Å²) >= 11 is 0. The Morgan fingerprint density at radius 1 is 1.22 bits per heavy atom. The van der Waals surface area contributed by atoms with Crippen LogP contribution in [-0.4, -0.2) is 34.2 Å². The fraction of sp³-hybridized carbons (Fsp3) is 0.471. The summed E-state index contributed by atoms with van der Waals surface area (Å²) in [7, 11) is 1.33. The molecule has 6 heteroatoms. The van der Waals surface area contributed by atoms with E-state index in [4.69, 9.17) is 9.47 Å². The van der Waals surface area contributed by atoms with E-state index in [1.165, 1.54) is 7.11 Å². The molecule has 0 spiro atoms. The molecule has 23 heavy (non-hydrogen) atoms. The van der Waals surface area contributed by atoms with Crippen LogP contribution in [0.5, 0.6) is 0 Å². The molecule has 0 bridgehead atoms. The first kappa shape index (κ1) is 17.0. The zero-order chi connectivity index (χ0) is 17.4. The van der Waals surface area contributed by atoms with Crippen LogP contribution in [0.25, 0.3) is 11.0 Å². The van der Waals surface area contributed by atoms with Gasteiger partial charge in [0.15, 0.2) is 0 Å². The highest BCUT2D eigenvalue weighted by Gasteiger charge is 2.22. The number of methoxy groups -OCH3 is 1. The summed E-state index contributed by atoms with van der Waals surface area (Å²) < 4.78 is 11.9. The second-order valence-electron chi connectivity index (χ2n) is 6.45. The highest BCUT2D eigenvalue weighted by atomic mass is 16.6. The first-order chi connectivity index (χ1) is 10.6. The van der Waals surface area contributed by atoms with Gasteiger partial charge in [0, 0.05) is 0 Å². The van der Waals surface area contributed by atoms with Gasteiger partial charge in [0.2, 0.25) is 0 Å². The maximum Gasteiger partial charge on any atom is 0.340 e. The van der Waals surface area contributed by atoms with E-state index in [9.17, 15) is 9.59 Å². The maximum atomic E-state index is 12.1. The topological polar surface area (TPSA) is 70.4 Å². The van der Waals surface area contributed by atoms with Crippen LogP contribution in [0.2, 0.25) is 0 Å². The highest BCUT2D eigenvalue weighted by Crippen LogP contribution is 2.24. The van der Waals surface area contributed by atoms with Gasteiger partial charge in [-0.2, -0.15) is 0 Å². The molecule has 1 aromatic heterocycles. The average molecular weight is 318 g/mol. The van der Waals surface area contributed by atoms with E-state index >= 15 is 0 Å². The minimum absolute atomic E-state index is 0.0467. The molecule has 0 N–H and O–H groups in total. The molecule has 2 aromatic rings. The standard InChI is InChI=1S/C17H22N2O4/c1-10-7-8-12(16(21)22-6)14-15(10)19(11(2)18-14)9-13(20)23-17(3,4)5/h7-8H,9H2,1-6H3. The summed E-state index contributed by atoms with van der Waals surface area (Å²) in [6, 6.07) is 3.51. The van der Waals surface area contributed by atoms with Crippen LogP contribution in [0.1, 0.15) is 42.5 Å². The maximum absolute atomic E-state index is 12.1. The lowest BCUT2D eigenvalue weighted by molar-refractivity contribution is -0.155. The van der Waals surface area contributed by atoms with Gasteiger partial charge in [-0.25, -0.2) is 9.78 Å². The van der Waals surface area contributed by atoms with Crippen molar-refractivity contribution in [2.75, 3.05) is 7.11 Å². The number of benzene rings is 1. The van der Waals surface area contributed by atoms with Gasteiger partial charge in [-0.3, -0.25) is 4.79 Å². The summed E-state index contributed by atoms with van der Waals surface area (Å²) in [5, 5.41) is 0. The summed E-state index contributed by atoms with van der Waals surface area (Å²) in [6.45, 7) is 9.23. The summed E-state index contributed by atoms with van der Waals surface area (Å²) in [4.78, 5) is 28.5. The number of nitrogens with zero attached hydrogens (tertiary/aromatic N) is 2. The largest absolute Gasteiger partial charge is 0.465 e. The monoisotopic (exact) mass is 318 g/mol. The number of rotatable bonds is 3. The number of hydrogen-bond donors (Lipinski definition) is 0. The van der Waals surface area contributed by atoms with Crippen molar-refractivity contribution in [3.63, 3.8) is 0 Å². The Bertz CT molecular complexity index is 769. The predicted molar refractivity (Wildman–Crippen MR) is 86.4 cm³/mol. The molecule has 1 heterocycles. The van der Waals surface area contributed by atoms with E-state index < -0.39 is 11.6 Å². The Labute approximate surface area is 135 Å². The lowest BCUT2D eigenvalue weighted by atomic mass is 10.1. The predicted octanol–water partition coefficient (Wildman–Crippen LogP) is 2.78. The number of fused-ring (bicyclic) bond motifs is 1. The van der Waals surface area contributed by atoms with Crippen molar-refractivity contribution in [1.29, 1.82) is 0 Å². The van der Waals surface area contributed by atoms with E-state index in [2.05, 4.69) is 4.98 Å². The third kappa shape index (κ3) is 3.52. The van der Waals surface area contributed by atoms with Crippen LogP contribution in [0.15, 0.2) is 12.1 Å². The minimum Gasteiger partial charge on any atom is -0.465 e. The summed E-state index contributed by atoms with van der Waals surface area (Å²) in [6.07, 6.45) is 0. The van der Waals surface area contributed by atoms with Crippen molar-refractivity contribution in [1.82, 2.24) is 9.55 Å². The molecular formula is C17H22N2O4. The Hall–Kier alpha value is -2.37. The van der Waals surface area contributed by atoms with E-state index in [0.29, 0.717) is 16.9 Å². The molecule has 0 atom stereocenters. The minimum atomic E-state index is -0.548. The van der Waals surface area contributed by atoms with E-state index in [-0.39, 0.29) is 12.5 Å². The zero-order valence-electron chi connectivity index (χ0n) is 14.4. The van der Waals surface area contributed by atoms with Crippen LogP contribution in [0.4, 0.5) is 0 Å². The van der Waals surface area contributed by atoms with Crippen molar-refractivity contribution >= 4 is 23.0 Å². The van der Waals surface area contributed by atoms with Crippen LogP contribution in [-0.2, 0) is 20.8 Å². The van der Waals surface area contributed by atoms with E-state index in [0.717, 1.165) is 11.1 Å². The van der Waals surface area contributed by atoms with Gasteiger partial charge in [0.05, 0.1) is 18.2 Å². The van der Waals surface area contributed by atoms with Crippen LogP contribution < -0.4 is 0 Å². The molecular weight excluding hydrogens is 296 g/mol. The number of carbonyl (C=O) groups is 2. The van der Waals surface area contributed by atoms with Crippen LogP contribution in [0, 0.1) is 13.8 Å². The molecule has 0 fully saturated rings. The number of carbonyl (C=O) groups excluding carboxylic acids is 2. The first-order valence-electron chi connectivity index (χ1n) is 7.40. The van der Waals surface area contributed by atoms with Crippen molar-refractivity contribution < 1.29 is 19.1 Å². The fourth-order valence-electron chi connectivity index (χ4n) is 2.49. The average Bonchev–Trinajstić information content (AvgIpc) is 2.74. The zero-order valence-corrected chi connectivity index (χ0v) is 14.4. The van der Waals surface area contributed by atoms with E-state index in [1.807, 2.05) is 33.8 Å². The SMILES string of the molecule is COC(=O)c1ccc(C)c2c1nc(C)n2CC(=O)OC(C)(C)C. The fourth-order valence-corrected chi connectivity index (χ4v) is 2.49. The van der Waals surface area contributed by atoms with E-state index in [1.54, 1.807) is 17.6 Å². The van der Waals surface area contributed by atoms with Gasteiger partial charge in [-0.05, 0) is 46.2 Å². The Morgan fingerprint density at radius 2 is 1.87 bits per heavy atom. The number of esters is 2. The van der Waals surface area contributed by atoms with Crippen LogP contribution >= 0.6 is 0 Å². The molecule has 0 unspecified atom stereocenters. The van der Waals surface area contributed by atoms with Crippen LogP contribution in [0.3, 0.4) is 0 Å². The van der Waals surface area contributed by atoms with Gasteiger partial charge in [0.1, 0.15) is 23.5 Å². The summed E-state index contributed by atoms with van der Waals surface area (Å²) in [5.74, 6) is -0.148. The first-order valence-corrected chi connectivity index (χ1v) is 7.40. The van der Waals surface area contributed by atoms with Gasteiger partial charge in [-0.15, -0.1) is 0 Å². The molecule has 2 rings (SSSR count). The molecule has 0 saturated carbocycles. The molecule has 0 amide bonds. The molecule has 0 aliphatic carbocycles. The Balaban J connectivity index is 2.51. The second-order valence-corrected chi connectivity index (χ2v) is 6.45. The molecule has 0 saturated heterocycles. The smallest absolute Gasteiger partial charge is 0.340 e. The lowest BCUT2D eigenvalue weighted by Gasteiger charge is -2.20. The number of aryl methyl sites for hydroxylation is 2. The van der Waals surface area contributed by atoms with Gasteiger partial charge >= 0.3 is 11.9 Å². The number of imidazole rings is 1. The highest BCUT2D eigenvalue weighted by molar-refractivity contribution is 6.03. The quantitative estimate of drug-likeness (QED) is 0.814. The third-order valence-electron chi connectivity index (χ3n) is 3.40. The third-order valence-corrected chi connectivity index (χ3v) is 3.40. The molecule has 1 aromatic carbocycles. The van der Waals surface area contributed by atoms with Gasteiger partial charge < -0.3 is 14.0 Å². The van der Waals surface area contributed by atoms with Crippen molar-refractivity contribution in [3.05, 3.63) is 29.1 Å². The summed E-state index contributed by atoms with van der Waals surface area (Å²) in [5.41, 5.74) is 2.05. The number of hydrogen-bond acceptors (Lipinski definition) is 5. The molecule has 6 nitrogen and oxygen atoms in total. The molecule has 124 valence electrons.